The second-order valence-corrected chi connectivity index (χ2v) is 3.09. The van der Waals surface area contributed by atoms with Crippen molar-refractivity contribution in [1.29, 1.82) is 0 Å². The summed E-state index contributed by atoms with van der Waals surface area (Å²) in [5, 5.41) is 8.20. The molecular formula is C10H21NO. The first kappa shape index (κ1) is 11.5. The lowest BCUT2D eigenvalue weighted by Gasteiger charge is -1.97. The van der Waals surface area contributed by atoms with Crippen LogP contribution in [0.25, 0.3) is 0 Å². The van der Waals surface area contributed by atoms with Crippen molar-refractivity contribution in [2.75, 3.05) is 0 Å². The third-order valence-corrected chi connectivity index (χ3v) is 1.92. The van der Waals surface area contributed by atoms with Crippen LogP contribution in [0, 0.1) is 0 Å². The van der Waals surface area contributed by atoms with Crippen molar-refractivity contribution >= 4 is 0 Å². The second kappa shape index (κ2) is 10.5. The Kier molecular flexibility index (Phi) is 10.1. The van der Waals surface area contributed by atoms with E-state index < -0.39 is 0 Å². The number of nitrogens with one attached hydrogen (secondary N) is 1. The summed E-state index contributed by atoms with van der Waals surface area (Å²) >= 11 is 0. The van der Waals surface area contributed by atoms with E-state index in [2.05, 4.69) is 6.92 Å². The van der Waals surface area contributed by atoms with Crippen molar-refractivity contribution in [3.05, 3.63) is 12.3 Å². The smallest absolute Gasteiger partial charge is 0.0200 e. The standard InChI is InChI=1S/C10H21NO/c1-2-3-4-5-6-7-8-9-10-11-12/h9-12H,2-8H2,1H3. The Morgan fingerprint density at radius 2 is 1.75 bits per heavy atom. The molecule has 0 rings (SSSR count). The van der Waals surface area contributed by atoms with E-state index in [-0.39, 0.29) is 0 Å². The van der Waals surface area contributed by atoms with Crippen LogP contribution in [0.5, 0.6) is 0 Å². The molecule has 0 aromatic heterocycles. The molecule has 0 unspecified atom stereocenters. The van der Waals surface area contributed by atoms with Gasteiger partial charge in [-0.1, -0.05) is 45.1 Å². The van der Waals surface area contributed by atoms with Gasteiger partial charge < -0.3 is 0 Å². The average Bonchev–Trinajstić information content (AvgIpc) is 2.10. The minimum atomic E-state index is 1.07. The van der Waals surface area contributed by atoms with E-state index in [9.17, 15) is 0 Å². The lowest BCUT2D eigenvalue weighted by atomic mass is 10.1. The topological polar surface area (TPSA) is 32.3 Å². The summed E-state index contributed by atoms with van der Waals surface area (Å²) < 4.78 is 0. The molecule has 12 heavy (non-hydrogen) atoms. The Hall–Kier alpha value is -0.500. The highest BCUT2D eigenvalue weighted by molar-refractivity contribution is 4.75. The van der Waals surface area contributed by atoms with E-state index in [1.807, 2.05) is 11.6 Å². The number of hydrogen-bond donors (Lipinski definition) is 2. The fraction of sp³-hybridized carbons (Fsp3) is 0.800. The van der Waals surface area contributed by atoms with E-state index in [4.69, 9.17) is 5.21 Å². The molecule has 0 saturated carbocycles. The molecule has 2 nitrogen and oxygen atoms in total. The molecule has 0 spiro atoms. The minimum Gasteiger partial charge on any atom is -0.292 e. The van der Waals surface area contributed by atoms with E-state index >= 15 is 0 Å². The molecule has 0 bridgehead atoms. The maximum atomic E-state index is 8.20. The molecule has 2 heteroatoms. The molecule has 0 aliphatic rings. The minimum absolute atomic E-state index is 1.07. The average molecular weight is 171 g/mol. The van der Waals surface area contributed by atoms with Gasteiger partial charge in [-0.15, -0.1) is 0 Å². The molecule has 0 aromatic rings. The monoisotopic (exact) mass is 171 g/mol. The molecule has 0 atom stereocenters. The van der Waals surface area contributed by atoms with Gasteiger partial charge in [0.2, 0.25) is 0 Å². The van der Waals surface area contributed by atoms with Crippen LogP contribution in [0.4, 0.5) is 0 Å². The van der Waals surface area contributed by atoms with Crippen LogP contribution in [0.1, 0.15) is 51.9 Å². The Labute approximate surface area is 75.6 Å². The molecule has 0 fully saturated rings. The van der Waals surface area contributed by atoms with E-state index in [0.717, 1.165) is 6.42 Å². The van der Waals surface area contributed by atoms with Crippen LogP contribution in [0.3, 0.4) is 0 Å². The molecule has 0 saturated heterocycles. The second-order valence-electron chi connectivity index (χ2n) is 3.09. The molecule has 0 aliphatic carbocycles. The fourth-order valence-corrected chi connectivity index (χ4v) is 1.18. The molecule has 2 N–H and O–H groups in total. The lowest BCUT2D eigenvalue weighted by molar-refractivity contribution is 0.214. The van der Waals surface area contributed by atoms with Gasteiger partial charge in [0, 0.05) is 6.20 Å². The van der Waals surface area contributed by atoms with Crippen LogP contribution in [-0.2, 0) is 0 Å². The molecule has 72 valence electrons. The molecular weight excluding hydrogens is 150 g/mol. The third kappa shape index (κ3) is 9.50. The van der Waals surface area contributed by atoms with Crippen LogP contribution in [0.15, 0.2) is 12.3 Å². The van der Waals surface area contributed by atoms with Gasteiger partial charge >= 0.3 is 0 Å². The highest BCUT2D eigenvalue weighted by atomic mass is 16.5. The maximum absolute atomic E-state index is 8.20. The highest BCUT2D eigenvalue weighted by Crippen LogP contribution is 2.06. The molecule has 0 amide bonds. The van der Waals surface area contributed by atoms with Crippen molar-refractivity contribution < 1.29 is 5.21 Å². The quantitative estimate of drug-likeness (QED) is 0.434. The number of rotatable bonds is 8. The van der Waals surface area contributed by atoms with Crippen LogP contribution in [0.2, 0.25) is 0 Å². The van der Waals surface area contributed by atoms with Gasteiger partial charge in [-0.25, -0.2) is 0 Å². The number of hydrogen-bond acceptors (Lipinski definition) is 2. The normalized spacial score (nSPS) is 10.8. The van der Waals surface area contributed by atoms with Gasteiger partial charge in [0.25, 0.3) is 0 Å². The van der Waals surface area contributed by atoms with Gasteiger partial charge in [0.05, 0.1) is 0 Å². The van der Waals surface area contributed by atoms with Gasteiger partial charge in [0.15, 0.2) is 0 Å². The summed E-state index contributed by atoms with van der Waals surface area (Å²) in [5.41, 5.74) is 2.00. The van der Waals surface area contributed by atoms with E-state index in [1.165, 1.54) is 38.5 Å². The van der Waals surface area contributed by atoms with Crippen molar-refractivity contribution in [2.45, 2.75) is 51.9 Å². The number of allylic oxidation sites excluding steroid dienone is 1. The summed E-state index contributed by atoms with van der Waals surface area (Å²) in [6, 6.07) is 0. The van der Waals surface area contributed by atoms with E-state index in [0.29, 0.717) is 0 Å². The van der Waals surface area contributed by atoms with E-state index in [1.54, 1.807) is 6.20 Å². The summed E-state index contributed by atoms with van der Waals surface area (Å²) in [5.74, 6) is 0. The Bertz CT molecular complexity index is 102. The predicted molar refractivity (Wildman–Crippen MR) is 52.1 cm³/mol. The Balaban J connectivity index is 2.86. The molecule has 0 heterocycles. The van der Waals surface area contributed by atoms with Crippen molar-refractivity contribution in [3.63, 3.8) is 0 Å². The summed E-state index contributed by atoms with van der Waals surface area (Å²) in [6.45, 7) is 2.23. The zero-order valence-electron chi connectivity index (χ0n) is 8.05. The first-order valence-electron chi connectivity index (χ1n) is 4.96. The molecule has 0 aromatic carbocycles. The molecule has 0 aliphatic heterocycles. The largest absolute Gasteiger partial charge is 0.292 e. The predicted octanol–water partition coefficient (Wildman–Crippen LogP) is 3.23. The van der Waals surface area contributed by atoms with Gasteiger partial charge in [-0.3, -0.25) is 10.7 Å². The Morgan fingerprint density at radius 3 is 2.42 bits per heavy atom. The fourth-order valence-electron chi connectivity index (χ4n) is 1.18. The van der Waals surface area contributed by atoms with Crippen molar-refractivity contribution in [1.82, 2.24) is 5.48 Å². The SMILES string of the molecule is CCCCCCCCC=CNO. The lowest BCUT2D eigenvalue weighted by Crippen LogP contribution is -1.92. The van der Waals surface area contributed by atoms with Gasteiger partial charge in [-0.05, 0) is 12.8 Å². The van der Waals surface area contributed by atoms with Crippen molar-refractivity contribution in [3.8, 4) is 0 Å². The maximum Gasteiger partial charge on any atom is 0.0200 e. The Morgan fingerprint density at radius 1 is 1.08 bits per heavy atom. The summed E-state index contributed by atoms with van der Waals surface area (Å²) in [6.07, 6.45) is 12.6. The molecule has 0 radical (unpaired) electrons. The van der Waals surface area contributed by atoms with Gasteiger partial charge in [-0.2, -0.15) is 0 Å². The third-order valence-electron chi connectivity index (χ3n) is 1.92. The van der Waals surface area contributed by atoms with Crippen LogP contribution >= 0.6 is 0 Å². The zero-order chi connectivity index (χ0) is 9.07. The summed E-state index contributed by atoms with van der Waals surface area (Å²) in [7, 11) is 0. The number of unbranched alkanes of at least 4 members (excludes halogenated alkanes) is 6. The highest BCUT2D eigenvalue weighted by Gasteiger charge is 1.87. The zero-order valence-corrected chi connectivity index (χ0v) is 8.05. The van der Waals surface area contributed by atoms with Crippen LogP contribution < -0.4 is 5.48 Å². The number of hydroxylamine groups is 1. The van der Waals surface area contributed by atoms with Gasteiger partial charge in [0.1, 0.15) is 0 Å². The van der Waals surface area contributed by atoms with Crippen molar-refractivity contribution in [2.24, 2.45) is 0 Å². The van der Waals surface area contributed by atoms with Crippen LogP contribution in [-0.4, -0.2) is 5.21 Å². The first-order chi connectivity index (χ1) is 5.91. The summed E-state index contributed by atoms with van der Waals surface area (Å²) in [4.78, 5) is 0. The first-order valence-corrected chi connectivity index (χ1v) is 4.96.